The fourth-order valence-corrected chi connectivity index (χ4v) is 3.65. The molecule has 0 N–H and O–H groups in total. The lowest BCUT2D eigenvalue weighted by molar-refractivity contribution is -0.384. The fraction of sp³-hybridized carbons (Fsp3) is 0.294. The number of thiazole rings is 1. The van der Waals surface area contributed by atoms with Crippen LogP contribution in [0.15, 0.2) is 35.2 Å². The van der Waals surface area contributed by atoms with Gasteiger partial charge in [0.05, 0.1) is 16.2 Å². The minimum Gasteiger partial charge on any atom is -0.258 e. The third kappa shape index (κ3) is 3.30. The van der Waals surface area contributed by atoms with Gasteiger partial charge in [-0.1, -0.05) is 6.42 Å². The molecule has 0 atom stereocenters. The molecular formula is C17H15N3O2S. The van der Waals surface area contributed by atoms with Gasteiger partial charge in [0, 0.05) is 23.1 Å². The number of nitro groups is 1. The van der Waals surface area contributed by atoms with Crippen LogP contribution in [0.2, 0.25) is 0 Å². The molecule has 5 nitrogen and oxygen atoms in total. The van der Waals surface area contributed by atoms with E-state index in [9.17, 15) is 15.4 Å². The Morgan fingerprint density at radius 2 is 1.91 bits per heavy atom. The van der Waals surface area contributed by atoms with E-state index in [2.05, 4.69) is 11.1 Å². The standard InChI is InChI=1S/C17H15N3O2S/c18-10-15(12-4-2-1-3-5-12)17-19-16(11-23-17)13-6-8-14(9-7-13)20(21)22/h6-9,11H,1-5H2. The smallest absolute Gasteiger partial charge is 0.258 e. The van der Waals surface area contributed by atoms with Gasteiger partial charge in [-0.3, -0.25) is 10.1 Å². The van der Waals surface area contributed by atoms with E-state index >= 15 is 0 Å². The first kappa shape index (κ1) is 15.4. The van der Waals surface area contributed by atoms with Gasteiger partial charge in [-0.2, -0.15) is 5.26 Å². The highest BCUT2D eigenvalue weighted by Crippen LogP contribution is 2.33. The molecule has 0 aliphatic heterocycles. The number of aromatic nitrogens is 1. The minimum atomic E-state index is -0.419. The second-order valence-electron chi connectivity index (χ2n) is 5.49. The first-order valence-corrected chi connectivity index (χ1v) is 8.40. The van der Waals surface area contributed by atoms with Crippen molar-refractivity contribution in [2.24, 2.45) is 0 Å². The van der Waals surface area contributed by atoms with E-state index in [0.717, 1.165) is 41.9 Å². The Labute approximate surface area is 138 Å². The molecule has 0 amide bonds. The Morgan fingerprint density at radius 1 is 1.22 bits per heavy atom. The summed E-state index contributed by atoms with van der Waals surface area (Å²) < 4.78 is 0. The molecule has 1 aliphatic rings. The lowest BCUT2D eigenvalue weighted by Gasteiger charge is -2.14. The van der Waals surface area contributed by atoms with Crippen LogP contribution in [0.1, 0.15) is 37.1 Å². The number of benzene rings is 1. The molecule has 0 radical (unpaired) electrons. The molecule has 0 saturated heterocycles. The summed E-state index contributed by atoms with van der Waals surface area (Å²) in [4.78, 5) is 14.9. The van der Waals surface area contributed by atoms with E-state index in [1.54, 1.807) is 12.1 Å². The van der Waals surface area contributed by atoms with Crippen LogP contribution in [0.25, 0.3) is 16.8 Å². The van der Waals surface area contributed by atoms with Gasteiger partial charge in [0.15, 0.2) is 0 Å². The van der Waals surface area contributed by atoms with E-state index in [1.165, 1.54) is 35.5 Å². The summed E-state index contributed by atoms with van der Waals surface area (Å²) in [5.41, 5.74) is 3.56. The topological polar surface area (TPSA) is 79.8 Å². The van der Waals surface area contributed by atoms with Crippen molar-refractivity contribution in [1.82, 2.24) is 4.98 Å². The number of hydrogen-bond acceptors (Lipinski definition) is 5. The molecule has 1 heterocycles. The van der Waals surface area contributed by atoms with Crippen molar-refractivity contribution < 1.29 is 4.92 Å². The quantitative estimate of drug-likeness (QED) is 0.454. The molecular weight excluding hydrogens is 310 g/mol. The van der Waals surface area contributed by atoms with Crippen LogP contribution in [0.5, 0.6) is 0 Å². The van der Waals surface area contributed by atoms with E-state index in [0.29, 0.717) is 5.57 Å². The van der Waals surface area contributed by atoms with Crippen LogP contribution in [0.4, 0.5) is 5.69 Å². The van der Waals surface area contributed by atoms with Gasteiger partial charge >= 0.3 is 0 Å². The molecule has 23 heavy (non-hydrogen) atoms. The zero-order chi connectivity index (χ0) is 16.2. The molecule has 1 aliphatic carbocycles. The van der Waals surface area contributed by atoms with Crippen LogP contribution in [0, 0.1) is 21.4 Å². The van der Waals surface area contributed by atoms with Gasteiger partial charge in [-0.15, -0.1) is 11.3 Å². The minimum absolute atomic E-state index is 0.0613. The summed E-state index contributed by atoms with van der Waals surface area (Å²) in [6.07, 6.45) is 5.47. The molecule has 1 fully saturated rings. The number of nitriles is 1. The number of nitrogens with zero attached hydrogens (tertiary/aromatic N) is 3. The van der Waals surface area contributed by atoms with E-state index in [1.807, 2.05) is 5.38 Å². The Morgan fingerprint density at radius 3 is 2.52 bits per heavy atom. The molecule has 2 aromatic rings. The second kappa shape index (κ2) is 6.71. The predicted octanol–water partition coefficient (Wildman–Crippen LogP) is 4.96. The van der Waals surface area contributed by atoms with Crippen LogP contribution in [-0.4, -0.2) is 9.91 Å². The van der Waals surface area contributed by atoms with Gasteiger partial charge < -0.3 is 0 Å². The van der Waals surface area contributed by atoms with E-state index in [4.69, 9.17) is 0 Å². The van der Waals surface area contributed by atoms with Crippen molar-refractivity contribution in [2.75, 3.05) is 0 Å². The van der Waals surface area contributed by atoms with Crippen molar-refractivity contribution >= 4 is 22.6 Å². The maximum absolute atomic E-state index is 10.7. The summed E-state index contributed by atoms with van der Waals surface area (Å²) in [5.74, 6) is 0. The summed E-state index contributed by atoms with van der Waals surface area (Å²) in [6, 6.07) is 8.64. The van der Waals surface area contributed by atoms with E-state index in [-0.39, 0.29) is 5.69 Å². The Bertz CT molecular complexity index is 792. The molecule has 0 bridgehead atoms. The van der Waals surface area contributed by atoms with Gasteiger partial charge in [0.2, 0.25) is 0 Å². The zero-order valence-electron chi connectivity index (χ0n) is 12.5. The normalized spacial score (nSPS) is 14.3. The molecule has 0 unspecified atom stereocenters. The number of allylic oxidation sites excluding steroid dienone is 2. The zero-order valence-corrected chi connectivity index (χ0v) is 13.3. The number of rotatable bonds is 3. The highest BCUT2D eigenvalue weighted by molar-refractivity contribution is 7.11. The molecule has 0 spiro atoms. The Hall–Kier alpha value is -2.52. The largest absolute Gasteiger partial charge is 0.269 e. The van der Waals surface area contributed by atoms with Crippen molar-refractivity contribution in [2.45, 2.75) is 32.1 Å². The molecule has 116 valence electrons. The Kier molecular flexibility index (Phi) is 4.49. The second-order valence-corrected chi connectivity index (χ2v) is 6.35. The van der Waals surface area contributed by atoms with Crippen molar-refractivity contribution in [3.05, 3.63) is 50.3 Å². The molecule has 3 rings (SSSR count). The van der Waals surface area contributed by atoms with Crippen LogP contribution in [0.3, 0.4) is 0 Å². The van der Waals surface area contributed by atoms with E-state index < -0.39 is 4.92 Å². The molecule has 1 aromatic carbocycles. The highest BCUT2D eigenvalue weighted by atomic mass is 32.1. The first-order valence-electron chi connectivity index (χ1n) is 7.52. The van der Waals surface area contributed by atoms with Crippen molar-refractivity contribution in [3.8, 4) is 17.3 Å². The van der Waals surface area contributed by atoms with Gasteiger partial charge in [-0.05, 0) is 43.4 Å². The average molecular weight is 325 g/mol. The number of non-ortho nitro benzene ring substituents is 1. The maximum atomic E-state index is 10.7. The lowest BCUT2D eigenvalue weighted by atomic mass is 9.91. The predicted molar refractivity (Wildman–Crippen MR) is 89.8 cm³/mol. The molecule has 1 aromatic heterocycles. The summed E-state index contributed by atoms with van der Waals surface area (Å²) in [7, 11) is 0. The first-order chi connectivity index (χ1) is 11.2. The van der Waals surface area contributed by atoms with Crippen LogP contribution in [-0.2, 0) is 0 Å². The van der Waals surface area contributed by atoms with Gasteiger partial charge in [-0.25, -0.2) is 4.98 Å². The van der Waals surface area contributed by atoms with Crippen LogP contribution < -0.4 is 0 Å². The SMILES string of the molecule is N#CC(=C1CCCCC1)c1nc(-c2ccc([N+](=O)[O-])cc2)cs1. The Balaban J connectivity index is 1.90. The summed E-state index contributed by atoms with van der Waals surface area (Å²) in [5, 5.41) is 22.8. The van der Waals surface area contributed by atoms with Gasteiger partial charge in [0.1, 0.15) is 11.1 Å². The van der Waals surface area contributed by atoms with Crippen molar-refractivity contribution in [1.29, 1.82) is 5.26 Å². The van der Waals surface area contributed by atoms with Crippen molar-refractivity contribution in [3.63, 3.8) is 0 Å². The molecule has 6 heteroatoms. The lowest BCUT2D eigenvalue weighted by Crippen LogP contribution is -1.97. The highest BCUT2D eigenvalue weighted by Gasteiger charge is 2.16. The average Bonchev–Trinajstić information content (AvgIpc) is 3.06. The van der Waals surface area contributed by atoms with Crippen LogP contribution >= 0.6 is 11.3 Å². The molecule has 1 saturated carbocycles. The maximum Gasteiger partial charge on any atom is 0.269 e. The number of hydrogen-bond donors (Lipinski definition) is 0. The van der Waals surface area contributed by atoms with Gasteiger partial charge in [0.25, 0.3) is 5.69 Å². The monoisotopic (exact) mass is 325 g/mol. The third-order valence-corrected chi connectivity index (χ3v) is 4.87. The summed E-state index contributed by atoms with van der Waals surface area (Å²) in [6.45, 7) is 0. The third-order valence-electron chi connectivity index (χ3n) is 4.01. The number of nitro benzene ring substituents is 1. The summed E-state index contributed by atoms with van der Waals surface area (Å²) >= 11 is 1.46. The fourth-order valence-electron chi connectivity index (χ4n) is 2.78.